The number of hydrogen-bond acceptors (Lipinski definition) is 3. The first-order valence-electron chi connectivity index (χ1n) is 6.51. The Morgan fingerprint density at radius 1 is 1.32 bits per heavy atom. The van der Waals surface area contributed by atoms with Crippen LogP contribution in [0.4, 0.5) is 10.6 Å². The molecule has 0 spiro atoms. The van der Waals surface area contributed by atoms with Crippen LogP contribution in [0.1, 0.15) is 11.1 Å². The molecule has 2 rings (SSSR count). The van der Waals surface area contributed by atoms with E-state index in [-0.39, 0.29) is 6.73 Å². The molecule has 116 valence electrons. The number of carbonyl (C=O) groups excluding carboxylic acids is 1. The molecule has 1 aromatic carbocycles. The number of urea groups is 1. The highest BCUT2D eigenvalue weighted by molar-refractivity contribution is 9.10. The van der Waals surface area contributed by atoms with Gasteiger partial charge >= 0.3 is 6.03 Å². The minimum atomic E-state index is -0.391. The molecule has 0 aliphatic rings. The van der Waals surface area contributed by atoms with E-state index in [1.165, 1.54) is 0 Å². The molecule has 2 aromatic rings. The van der Waals surface area contributed by atoms with Crippen LogP contribution < -0.4 is 15.4 Å². The van der Waals surface area contributed by atoms with Crippen LogP contribution in [0.5, 0.6) is 5.75 Å². The van der Waals surface area contributed by atoms with Gasteiger partial charge in [-0.15, -0.1) is 0 Å². The Bertz CT molecular complexity index is 654. The van der Waals surface area contributed by atoms with Gasteiger partial charge in [-0.25, -0.2) is 9.78 Å². The number of ether oxygens (including phenoxy) is 1. The molecule has 2 amide bonds. The summed E-state index contributed by atoms with van der Waals surface area (Å²) in [5.74, 6) is 1.11. The van der Waals surface area contributed by atoms with E-state index in [1.54, 1.807) is 18.3 Å². The molecule has 0 saturated heterocycles. The lowest BCUT2D eigenvalue weighted by Crippen LogP contribution is -2.32. The number of pyridine rings is 1. The van der Waals surface area contributed by atoms with Crippen molar-refractivity contribution in [3.63, 3.8) is 0 Å². The smallest absolute Gasteiger partial charge is 0.323 e. The zero-order chi connectivity index (χ0) is 16.1. The van der Waals surface area contributed by atoms with Crippen molar-refractivity contribution in [1.82, 2.24) is 10.3 Å². The summed E-state index contributed by atoms with van der Waals surface area (Å²) in [6.07, 6.45) is 1.60. The quantitative estimate of drug-likeness (QED) is 0.774. The zero-order valence-corrected chi connectivity index (χ0v) is 14.5. The van der Waals surface area contributed by atoms with Gasteiger partial charge in [-0.1, -0.05) is 11.6 Å². The number of anilines is 1. The van der Waals surface area contributed by atoms with Gasteiger partial charge in [0.2, 0.25) is 0 Å². The van der Waals surface area contributed by atoms with Gasteiger partial charge < -0.3 is 10.1 Å². The third-order valence-corrected chi connectivity index (χ3v) is 3.92. The van der Waals surface area contributed by atoms with Gasteiger partial charge in [-0.05, 0) is 65.2 Å². The van der Waals surface area contributed by atoms with Crippen molar-refractivity contribution >= 4 is 39.4 Å². The predicted molar refractivity (Wildman–Crippen MR) is 90.5 cm³/mol. The van der Waals surface area contributed by atoms with Crippen LogP contribution in [0, 0.1) is 13.8 Å². The maximum absolute atomic E-state index is 11.7. The molecule has 0 saturated carbocycles. The van der Waals surface area contributed by atoms with E-state index in [0.717, 1.165) is 20.6 Å². The molecule has 0 radical (unpaired) electrons. The number of aryl methyl sites for hydroxylation is 2. The maximum Gasteiger partial charge on any atom is 0.323 e. The molecule has 0 aliphatic carbocycles. The molecule has 22 heavy (non-hydrogen) atoms. The van der Waals surface area contributed by atoms with Crippen LogP contribution in [0.15, 0.2) is 34.9 Å². The minimum Gasteiger partial charge on any atom is -0.473 e. The van der Waals surface area contributed by atoms with Crippen LogP contribution in [0.25, 0.3) is 0 Å². The maximum atomic E-state index is 11.7. The van der Waals surface area contributed by atoms with Crippen molar-refractivity contribution in [1.29, 1.82) is 0 Å². The van der Waals surface area contributed by atoms with Crippen molar-refractivity contribution in [3.05, 3.63) is 51.1 Å². The first-order valence-corrected chi connectivity index (χ1v) is 7.69. The standard InChI is InChI=1S/C15H15BrClN3O2/c1-9-5-12(6-10(2)14(9)17)22-8-19-15(21)20-13-4-3-11(16)7-18-13/h3-7H,8H2,1-2H3,(H2,18,19,20,21). The van der Waals surface area contributed by atoms with E-state index in [1.807, 2.05) is 26.0 Å². The van der Waals surface area contributed by atoms with Crippen molar-refractivity contribution in [2.75, 3.05) is 12.0 Å². The van der Waals surface area contributed by atoms with E-state index in [0.29, 0.717) is 11.6 Å². The first kappa shape index (κ1) is 16.6. The average molecular weight is 385 g/mol. The summed E-state index contributed by atoms with van der Waals surface area (Å²) in [7, 11) is 0. The van der Waals surface area contributed by atoms with E-state index < -0.39 is 6.03 Å². The monoisotopic (exact) mass is 383 g/mol. The second-order valence-corrected chi connectivity index (χ2v) is 5.95. The van der Waals surface area contributed by atoms with Crippen LogP contribution in [0.3, 0.4) is 0 Å². The van der Waals surface area contributed by atoms with Gasteiger partial charge in [-0.3, -0.25) is 5.32 Å². The fourth-order valence-corrected chi connectivity index (χ4v) is 2.13. The molecule has 0 aliphatic heterocycles. The Kier molecular flexibility index (Phi) is 5.63. The summed E-state index contributed by atoms with van der Waals surface area (Å²) in [5, 5.41) is 5.92. The molecular formula is C15H15BrClN3O2. The molecule has 1 aromatic heterocycles. The largest absolute Gasteiger partial charge is 0.473 e. The zero-order valence-electron chi connectivity index (χ0n) is 12.1. The minimum absolute atomic E-state index is 0.0445. The summed E-state index contributed by atoms with van der Waals surface area (Å²) in [6, 6.07) is 6.74. The lowest BCUT2D eigenvalue weighted by Gasteiger charge is -2.11. The molecule has 0 atom stereocenters. The van der Waals surface area contributed by atoms with Crippen LogP contribution in [-0.4, -0.2) is 17.7 Å². The molecule has 0 bridgehead atoms. The van der Waals surface area contributed by atoms with Crippen LogP contribution in [0.2, 0.25) is 5.02 Å². The first-order chi connectivity index (χ1) is 10.5. The number of hydrogen-bond donors (Lipinski definition) is 2. The molecule has 7 heteroatoms. The van der Waals surface area contributed by atoms with E-state index in [9.17, 15) is 4.79 Å². The molecule has 2 N–H and O–H groups in total. The van der Waals surface area contributed by atoms with Gasteiger partial charge in [0.05, 0.1) is 0 Å². The normalized spacial score (nSPS) is 10.2. The second kappa shape index (κ2) is 7.47. The van der Waals surface area contributed by atoms with Gasteiger partial charge in [0.1, 0.15) is 11.6 Å². The van der Waals surface area contributed by atoms with E-state index in [4.69, 9.17) is 16.3 Å². The Morgan fingerprint density at radius 3 is 2.59 bits per heavy atom. The summed E-state index contributed by atoms with van der Waals surface area (Å²) in [5.41, 5.74) is 1.86. The fourth-order valence-electron chi connectivity index (χ4n) is 1.78. The lowest BCUT2D eigenvalue weighted by atomic mass is 10.1. The predicted octanol–water partition coefficient (Wildman–Crippen LogP) is 4.27. The Balaban J connectivity index is 1.83. The van der Waals surface area contributed by atoms with Gasteiger partial charge in [0.25, 0.3) is 0 Å². The summed E-state index contributed by atoms with van der Waals surface area (Å²) in [6.45, 7) is 3.85. The van der Waals surface area contributed by atoms with Crippen molar-refractivity contribution in [2.24, 2.45) is 0 Å². The number of nitrogens with zero attached hydrogens (tertiary/aromatic N) is 1. The fraction of sp³-hybridized carbons (Fsp3) is 0.200. The number of aromatic nitrogens is 1. The number of amides is 2. The molecule has 0 unspecified atom stereocenters. The topological polar surface area (TPSA) is 63.2 Å². The van der Waals surface area contributed by atoms with Gasteiger partial charge in [-0.2, -0.15) is 0 Å². The van der Waals surface area contributed by atoms with Gasteiger partial charge in [0, 0.05) is 15.7 Å². The van der Waals surface area contributed by atoms with Crippen molar-refractivity contribution < 1.29 is 9.53 Å². The number of rotatable bonds is 4. The van der Waals surface area contributed by atoms with E-state index >= 15 is 0 Å². The Morgan fingerprint density at radius 2 is 2.00 bits per heavy atom. The van der Waals surface area contributed by atoms with Crippen molar-refractivity contribution in [2.45, 2.75) is 13.8 Å². The van der Waals surface area contributed by atoms with Gasteiger partial charge in [0.15, 0.2) is 6.73 Å². The number of halogens is 2. The highest BCUT2D eigenvalue weighted by Gasteiger charge is 2.05. The number of carbonyl (C=O) groups is 1. The Labute approximate surface area is 142 Å². The molecule has 1 heterocycles. The number of nitrogens with one attached hydrogen (secondary N) is 2. The summed E-state index contributed by atoms with van der Waals surface area (Å²) in [4.78, 5) is 15.7. The third kappa shape index (κ3) is 4.61. The summed E-state index contributed by atoms with van der Waals surface area (Å²) >= 11 is 9.37. The average Bonchev–Trinajstić information content (AvgIpc) is 2.47. The highest BCUT2D eigenvalue weighted by atomic mass is 79.9. The van der Waals surface area contributed by atoms with Crippen LogP contribution in [-0.2, 0) is 0 Å². The molecule has 0 fully saturated rings. The Hall–Kier alpha value is -1.79. The molecule has 5 nitrogen and oxygen atoms in total. The van der Waals surface area contributed by atoms with E-state index in [2.05, 4.69) is 31.5 Å². The lowest BCUT2D eigenvalue weighted by molar-refractivity contribution is 0.234. The highest BCUT2D eigenvalue weighted by Crippen LogP contribution is 2.25. The molecular weight excluding hydrogens is 370 g/mol. The van der Waals surface area contributed by atoms with Crippen LogP contribution >= 0.6 is 27.5 Å². The SMILES string of the molecule is Cc1cc(OCNC(=O)Nc2ccc(Br)cn2)cc(C)c1Cl. The third-order valence-electron chi connectivity index (χ3n) is 2.85. The summed E-state index contributed by atoms with van der Waals surface area (Å²) < 4.78 is 6.33. The second-order valence-electron chi connectivity index (χ2n) is 4.65. The van der Waals surface area contributed by atoms with Crippen molar-refractivity contribution in [3.8, 4) is 5.75 Å². The number of benzene rings is 1.